The molecule has 3 heteroatoms. The molecule has 116 valence electrons. The van der Waals surface area contributed by atoms with E-state index in [1.807, 2.05) is 0 Å². The van der Waals surface area contributed by atoms with Crippen LogP contribution in [0.15, 0.2) is 0 Å². The first-order valence-electron chi connectivity index (χ1n) is 8.61. The second kappa shape index (κ2) is 7.44. The second-order valence-corrected chi connectivity index (χ2v) is 7.42. The molecule has 2 N–H and O–H groups in total. The van der Waals surface area contributed by atoms with Gasteiger partial charge in [-0.25, -0.2) is 0 Å². The molecular formula is C17H32N2O. The predicted molar refractivity (Wildman–Crippen MR) is 83.7 cm³/mol. The minimum absolute atomic E-state index is 0.193. The number of carbonyl (C=O) groups is 1. The highest BCUT2D eigenvalue weighted by molar-refractivity contribution is 5.78. The van der Waals surface area contributed by atoms with Crippen LogP contribution in [0.3, 0.4) is 0 Å². The standard InChI is InChI=1S/C17H32N2O/c1-17(2)12-8-7-11-15(17)18-13-16(20)19-14-9-5-3-4-6-10-14/h14-15,18H,3-13H2,1-2H3,(H,19,20). The molecule has 2 aliphatic carbocycles. The second-order valence-electron chi connectivity index (χ2n) is 7.42. The van der Waals surface area contributed by atoms with E-state index in [2.05, 4.69) is 24.5 Å². The van der Waals surface area contributed by atoms with Crippen molar-refractivity contribution in [3.63, 3.8) is 0 Å². The van der Waals surface area contributed by atoms with Crippen molar-refractivity contribution in [3.8, 4) is 0 Å². The molecule has 0 heterocycles. The zero-order chi connectivity index (χ0) is 14.4. The van der Waals surface area contributed by atoms with Gasteiger partial charge in [0.25, 0.3) is 0 Å². The quantitative estimate of drug-likeness (QED) is 0.775. The molecule has 2 saturated carbocycles. The average molecular weight is 280 g/mol. The summed E-state index contributed by atoms with van der Waals surface area (Å²) in [6.45, 7) is 5.14. The molecule has 1 atom stereocenters. The zero-order valence-corrected chi connectivity index (χ0v) is 13.3. The minimum Gasteiger partial charge on any atom is -0.352 e. The van der Waals surface area contributed by atoms with Crippen molar-refractivity contribution in [1.29, 1.82) is 0 Å². The van der Waals surface area contributed by atoms with Crippen molar-refractivity contribution in [2.45, 2.75) is 90.1 Å². The van der Waals surface area contributed by atoms with E-state index in [1.54, 1.807) is 0 Å². The van der Waals surface area contributed by atoms with Gasteiger partial charge in [0.1, 0.15) is 0 Å². The van der Waals surface area contributed by atoms with E-state index in [0.29, 0.717) is 24.0 Å². The number of nitrogens with one attached hydrogen (secondary N) is 2. The Morgan fingerprint density at radius 1 is 1.00 bits per heavy atom. The first kappa shape index (κ1) is 15.8. The van der Waals surface area contributed by atoms with Crippen LogP contribution in [0, 0.1) is 5.41 Å². The Labute approximate surface area is 124 Å². The summed E-state index contributed by atoms with van der Waals surface area (Å²) in [4.78, 5) is 12.1. The molecule has 0 saturated heterocycles. The highest BCUT2D eigenvalue weighted by Crippen LogP contribution is 2.35. The Morgan fingerprint density at radius 2 is 1.65 bits per heavy atom. The van der Waals surface area contributed by atoms with Crippen molar-refractivity contribution in [2.24, 2.45) is 5.41 Å². The van der Waals surface area contributed by atoms with Crippen molar-refractivity contribution in [3.05, 3.63) is 0 Å². The summed E-state index contributed by atoms with van der Waals surface area (Å²) in [6.07, 6.45) is 12.7. The van der Waals surface area contributed by atoms with E-state index in [9.17, 15) is 4.79 Å². The summed E-state index contributed by atoms with van der Waals surface area (Å²) in [6, 6.07) is 0.919. The van der Waals surface area contributed by atoms with Crippen LogP contribution in [-0.2, 0) is 4.79 Å². The van der Waals surface area contributed by atoms with E-state index in [0.717, 1.165) is 0 Å². The molecule has 0 aliphatic heterocycles. The fourth-order valence-corrected chi connectivity index (χ4v) is 3.79. The molecule has 0 spiro atoms. The summed E-state index contributed by atoms with van der Waals surface area (Å²) in [5.41, 5.74) is 0.334. The van der Waals surface area contributed by atoms with Crippen molar-refractivity contribution in [2.75, 3.05) is 6.54 Å². The third-order valence-corrected chi connectivity index (χ3v) is 5.24. The molecule has 3 nitrogen and oxygen atoms in total. The summed E-state index contributed by atoms with van der Waals surface area (Å²) < 4.78 is 0. The molecule has 2 aliphatic rings. The molecule has 0 radical (unpaired) electrons. The zero-order valence-electron chi connectivity index (χ0n) is 13.3. The Balaban J connectivity index is 1.71. The van der Waals surface area contributed by atoms with Crippen molar-refractivity contribution in [1.82, 2.24) is 10.6 Å². The highest BCUT2D eigenvalue weighted by atomic mass is 16.1. The Bertz CT molecular complexity index is 306. The molecule has 0 aromatic carbocycles. The van der Waals surface area contributed by atoms with Crippen LogP contribution in [0.4, 0.5) is 0 Å². The lowest BCUT2D eigenvalue weighted by molar-refractivity contribution is -0.121. The molecule has 2 rings (SSSR count). The molecular weight excluding hydrogens is 248 g/mol. The first-order chi connectivity index (χ1) is 9.58. The maximum absolute atomic E-state index is 12.1. The maximum Gasteiger partial charge on any atom is 0.234 e. The number of amides is 1. The lowest BCUT2D eigenvalue weighted by atomic mass is 9.73. The molecule has 1 amide bonds. The van der Waals surface area contributed by atoms with Crippen LogP contribution in [0.5, 0.6) is 0 Å². The van der Waals surface area contributed by atoms with E-state index in [-0.39, 0.29) is 5.91 Å². The molecule has 0 aromatic heterocycles. The summed E-state index contributed by atoms with van der Waals surface area (Å²) in [5, 5.41) is 6.73. The molecule has 1 unspecified atom stereocenters. The fourth-order valence-electron chi connectivity index (χ4n) is 3.79. The molecule has 2 fully saturated rings. The van der Waals surface area contributed by atoms with Crippen molar-refractivity contribution >= 4 is 5.91 Å². The van der Waals surface area contributed by atoms with Gasteiger partial charge >= 0.3 is 0 Å². The SMILES string of the molecule is CC1(C)CCCCC1NCC(=O)NC1CCCCCC1. The fraction of sp³-hybridized carbons (Fsp3) is 0.941. The smallest absolute Gasteiger partial charge is 0.234 e. The largest absolute Gasteiger partial charge is 0.352 e. The molecule has 0 bridgehead atoms. The topological polar surface area (TPSA) is 41.1 Å². The van der Waals surface area contributed by atoms with Crippen molar-refractivity contribution < 1.29 is 4.79 Å². The van der Waals surface area contributed by atoms with Gasteiger partial charge in [0.15, 0.2) is 0 Å². The third-order valence-electron chi connectivity index (χ3n) is 5.24. The van der Waals surface area contributed by atoms with Gasteiger partial charge in [0.2, 0.25) is 5.91 Å². The lowest BCUT2D eigenvalue weighted by Crippen LogP contribution is -2.49. The van der Waals surface area contributed by atoms with Gasteiger partial charge < -0.3 is 10.6 Å². The van der Waals surface area contributed by atoms with E-state index in [1.165, 1.54) is 64.2 Å². The summed E-state index contributed by atoms with van der Waals surface area (Å²) >= 11 is 0. The van der Waals surface area contributed by atoms with Crippen LogP contribution in [0.25, 0.3) is 0 Å². The van der Waals surface area contributed by atoms with Crippen LogP contribution < -0.4 is 10.6 Å². The van der Waals surface area contributed by atoms with Gasteiger partial charge in [0.05, 0.1) is 6.54 Å². The predicted octanol–water partition coefficient (Wildman–Crippen LogP) is 3.38. The van der Waals surface area contributed by atoms with Gasteiger partial charge in [0, 0.05) is 12.1 Å². The minimum atomic E-state index is 0.193. The van der Waals surface area contributed by atoms with Crippen LogP contribution in [0.2, 0.25) is 0 Å². The van der Waals surface area contributed by atoms with Gasteiger partial charge in [-0.05, 0) is 31.1 Å². The van der Waals surface area contributed by atoms with Gasteiger partial charge in [-0.1, -0.05) is 52.4 Å². The Kier molecular flexibility index (Phi) is 5.88. The van der Waals surface area contributed by atoms with E-state index < -0.39 is 0 Å². The third kappa shape index (κ3) is 4.76. The monoisotopic (exact) mass is 280 g/mol. The highest BCUT2D eigenvalue weighted by Gasteiger charge is 2.32. The number of hydrogen-bond acceptors (Lipinski definition) is 2. The lowest BCUT2D eigenvalue weighted by Gasteiger charge is -2.39. The summed E-state index contributed by atoms with van der Waals surface area (Å²) in [5.74, 6) is 0.193. The van der Waals surface area contributed by atoms with E-state index >= 15 is 0 Å². The van der Waals surface area contributed by atoms with Gasteiger partial charge in [-0.15, -0.1) is 0 Å². The first-order valence-corrected chi connectivity index (χ1v) is 8.61. The van der Waals surface area contributed by atoms with E-state index in [4.69, 9.17) is 0 Å². The number of hydrogen-bond donors (Lipinski definition) is 2. The summed E-state index contributed by atoms with van der Waals surface area (Å²) in [7, 11) is 0. The Hall–Kier alpha value is -0.570. The van der Waals surface area contributed by atoms with Gasteiger partial charge in [-0.3, -0.25) is 4.79 Å². The number of carbonyl (C=O) groups excluding carboxylic acids is 1. The van der Waals surface area contributed by atoms with Crippen LogP contribution >= 0.6 is 0 Å². The van der Waals surface area contributed by atoms with Gasteiger partial charge in [-0.2, -0.15) is 0 Å². The maximum atomic E-state index is 12.1. The average Bonchev–Trinajstić information content (AvgIpc) is 2.65. The normalized spacial score (nSPS) is 27.8. The number of rotatable bonds is 4. The molecule has 20 heavy (non-hydrogen) atoms. The van der Waals surface area contributed by atoms with Crippen LogP contribution in [-0.4, -0.2) is 24.5 Å². The molecule has 0 aromatic rings. The van der Waals surface area contributed by atoms with Crippen LogP contribution in [0.1, 0.15) is 78.1 Å². The Morgan fingerprint density at radius 3 is 2.30 bits per heavy atom.